The van der Waals surface area contributed by atoms with E-state index in [4.69, 9.17) is 5.11 Å². The molecule has 6 nitrogen and oxygen atoms in total. The highest BCUT2D eigenvalue weighted by molar-refractivity contribution is 5.74. The molecule has 19 heavy (non-hydrogen) atoms. The quantitative estimate of drug-likeness (QED) is 0.780. The number of rotatable bonds is 6. The maximum absolute atomic E-state index is 12.1. The molecule has 0 spiro atoms. The first-order valence-electron chi connectivity index (χ1n) is 6.98. The van der Waals surface area contributed by atoms with E-state index in [9.17, 15) is 9.59 Å². The van der Waals surface area contributed by atoms with Gasteiger partial charge in [-0.3, -0.25) is 9.69 Å². The topological polar surface area (TPSA) is 64.1 Å². The van der Waals surface area contributed by atoms with Gasteiger partial charge in [-0.1, -0.05) is 6.92 Å². The van der Waals surface area contributed by atoms with Gasteiger partial charge in [-0.05, 0) is 19.4 Å². The lowest BCUT2D eigenvalue weighted by atomic mass is 10.3. The van der Waals surface area contributed by atoms with Gasteiger partial charge in [-0.25, -0.2) is 4.79 Å². The molecule has 1 N–H and O–H groups in total. The fourth-order valence-corrected chi connectivity index (χ4v) is 2.28. The van der Waals surface area contributed by atoms with Crippen LogP contribution in [0.15, 0.2) is 0 Å². The maximum Gasteiger partial charge on any atom is 0.319 e. The molecule has 0 aromatic rings. The number of amides is 2. The van der Waals surface area contributed by atoms with E-state index in [2.05, 4.69) is 11.8 Å². The first-order chi connectivity index (χ1) is 9.04. The van der Waals surface area contributed by atoms with Gasteiger partial charge in [0.15, 0.2) is 0 Å². The number of carbonyl (C=O) groups excluding carboxylic acids is 1. The summed E-state index contributed by atoms with van der Waals surface area (Å²) in [5, 5.41) is 8.57. The molecule has 1 heterocycles. The van der Waals surface area contributed by atoms with Crippen LogP contribution in [0.3, 0.4) is 0 Å². The normalized spacial score (nSPS) is 16.4. The second kappa shape index (κ2) is 7.99. The number of carboxylic acid groups (broad SMARTS) is 1. The summed E-state index contributed by atoms with van der Waals surface area (Å²) in [5.74, 6) is -0.811. The third kappa shape index (κ3) is 5.46. The van der Waals surface area contributed by atoms with Gasteiger partial charge in [0, 0.05) is 46.2 Å². The Morgan fingerprint density at radius 2 is 1.84 bits per heavy atom. The van der Waals surface area contributed by atoms with Crippen LogP contribution in [0, 0.1) is 0 Å². The SMILES string of the molecule is CCCN1CCN(C(=O)N(C)CCCC(=O)O)CC1. The maximum atomic E-state index is 12.1. The molecule has 0 bridgehead atoms. The standard InChI is InChI=1S/C13H25N3O3/c1-3-6-15-8-10-16(11-9-15)13(19)14(2)7-4-5-12(17)18/h3-11H2,1-2H3,(H,17,18). The van der Waals surface area contributed by atoms with Crippen molar-refractivity contribution in [2.75, 3.05) is 46.3 Å². The minimum absolute atomic E-state index is 0.0153. The van der Waals surface area contributed by atoms with Crippen LogP contribution in [-0.2, 0) is 4.79 Å². The number of hydrogen-bond donors (Lipinski definition) is 1. The minimum atomic E-state index is -0.811. The van der Waals surface area contributed by atoms with Gasteiger partial charge < -0.3 is 14.9 Å². The summed E-state index contributed by atoms with van der Waals surface area (Å²) in [6.45, 7) is 7.15. The number of piperazine rings is 1. The van der Waals surface area contributed by atoms with Crippen molar-refractivity contribution in [1.29, 1.82) is 0 Å². The van der Waals surface area contributed by atoms with Crippen molar-refractivity contribution in [2.45, 2.75) is 26.2 Å². The summed E-state index contributed by atoms with van der Waals surface area (Å²) in [5.41, 5.74) is 0. The molecular weight excluding hydrogens is 246 g/mol. The summed E-state index contributed by atoms with van der Waals surface area (Å²) in [4.78, 5) is 28.4. The molecule has 6 heteroatoms. The van der Waals surface area contributed by atoms with Crippen molar-refractivity contribution in [3.63, 3.8) is 0 Å². The number of hydrogen-bond acceptors (Lipinski definition) is 3. The Kier molecular flexibility index (Phi) is 6.62. The van der Waals surface area contributed by atoms with E-state index >= 15 is 0 Å². The smallest absolute Gasteiger partial charge is 0.319 e. The zero-order chi connectivity index (χ0) is 14.3. The van der Waals surface area contributed by atoms with Gasteiger partial charge in [-0.15, -0.1) is 0 Å². The third-order valence-electron chi connectivity index (χ3n) is 3.39. The van der Waals surface area contributed by atoms with E-state index in [0.29, 0.717) is 13.0 Å². The van der Waals surface area contributed by atoms with Crippen LogP contribution in [0.4, 0.5) is 4.79 Å². The van der Waals surface area contributed by atoms with Crippen molar-refractivity contribution < 1.29 is 14.7 Å². The van der Waals surface area contributed by atoms with Crippen LogP contribution in [0.1, 0.15) is 26.2 Å². The van der Waals surface area contributed by atoms with E-state index in [-0.39, 0.29) is 12.5 Å². The second-order valence-corrected chi connectivity index (χ2v) is 5.03. The fourth-order valence-electron chi connectivity index (χ4n) is 2.28. The average Bonchev–Trinajstić information content (AvgIpc) is 2.38. The second-order valence-electron chi connectivity index (χ2n) is 5.03. The summed E-state index contributed by atoms with van der Waals surface area (Å²) in [6, 6.07) is 0.0153. The van der Waals surface area contributed by atoms with E-state index in [1.54, 1.807) is 11.9 Å². The molecular formula is C13H25N3O3. The van der Waals surface area contributed by atoms with Crippen molar-refractivity contribution in [3.8, 4) is 0 Å². The molecule has 0 radical (unpaired) electrons. The first kappa shape index (κ1) is 15.8. The predicted molar refractivity (Wildman–Crippen MR) is 73.2 cm³/mol. The number of carbonyl (C=O) groups is 2. The molecule has 1 aliphatic rings. The van der Waals surface area contributed by atoms with Crippen LogP contribution in [-0.4, -0.2) is 78.1 Å². The highest BCUT2D eigenvalue weighted by Crippen LogP contribution is 2.06. The molecule has 0 aliphatic carbocycles. The Bertz CT molecular complexity index is 302. The Hall–Kier alpha value is -1.30. The van der Waals surface area contributed by atoms with E-state index in [1.165, 1.54) is 0 Å². The number of nitrogens with zero attached hydrogens (tertiary/aromatic N) is 3. The van der Waals surface area contributed by atoms with Gasteiger partial charge in [0.2, 0.25) is 0 Å². The average molecular weight is 271 g/mol. The van der Waals surface area contributed by atoms with Gasteiger partial charge >= 0.3 is 12.0 Å². The van der Waals surface area contributed by atoms with Crippen molar-refractivity contribution in [3.05, 3.63) is 0 Å². The van der Waals surface area contributed by atoms with Crippen LogP contribution < -0.4 is 0 Å². The molecule has 1 fully saturated rings. The molecule has 0 unspecified atom stereocenters. The Morgan fingerprint density at radius 3 is 2.37 bits per heavy atom. The monoisotopic (exact) mass is 271 g/mol. The van der Waals surface area contributed by atoms with E-state index in [1.807, 2.05) is 4.90 Å². The van der Waals surface area contributed by atoms with E-state index in [0.717, 1.165) is 39.1 Å². The van der Waals surface area contributed by atoms with Crippen LogP contribution in [0.2, 0.25) is 0 Å². The summed E-state index contributed by atoms with van der Waals surface area (Å²) in [6.07, 6.45) is 1.76. The van der Waals surface area contributed by atoms with Crippen LogP contribution >= 0.6 is 0 Å². The Balaban J connectivity index is 2.27. The largest absolute Gasteiger partial charge is 0.481 e. The molecule has 0 saturated carbocycles. The van der Waals surface area contributed by atoms with Crippen molar-refractivity contribution >= 4 is 12.0 Å². The minimum Gasteiger partial charge on any atom is -0.481 e. The third-order valence-corrected chi connectivity index (χ3v) is 3.39. The fraction of sp³-hybridized carbons (Fsp3) is 0.846. The summed E-state index contributed by atoms with van der Waals surface area (Å²) in [7, 11) is 1.74. The highest BCUT2D eigenvalue weighted by atomic mass is 16.4. The lowest BCUT2D eigenvalue weighted by Gasteiger charge is -2.36. The molecule has 1 aliphatic heterocycles. The molecule has 0 aromatic carbocycles. The molecule has 1 rings (SSSR count). The zero-order valence-corrected chi connectivity index (χ0v) is 12.0. The molecule has 1 saturated heterocycles. The van der Waals surface area contributed by atoms with Gasteiger partial charge in [0.05, 0.1) is 0 Å². The molecule has 0 aromatic heterocycles. The Morgan fingerprint density at radius 1 is 1.21 bits per heavy atom. The van der Waals surface area contributed by atoms with Gasteiger partial charge in [-0.2, -0.15) is 0 Å². The first-order valence-corrected chi connectivity index (χ1v) is 6.98. The molecule has 2 amide bonds. The number of aliphatic carboxylic acids is 1. The van der Waals surface area contributed by atoms with Crippen molar-refractivity contribution in [1.82, 2.24) is 14.7 Å². The van der Waals surface area contributed by atoms with E-state index < -0.39 is 5.97 Å². The number of urea groups is 1. The van der Waals surface area contributed by atoms with Crippen LogP contribution in [0.25, 0.3) is 0 Å². The summed E-state index contributed by atoms with van der Waals surface area (Å²) < 4.78 is 0. The van der Waals surface area contributed by atoms with Gasteiger partial charge in [0.25, 0.3) is 0 Å². The number of carboxylic acids is 1. The Labute approximate surface area is 115 Å². The molecule has 0 atom stereocenters. The lowest BCUT2D eigenvalue weighted by molar-refractivity contribution is -0.137. The highest BCUT2D eigenvalue weighted by Gasteiger charge is 2.22. The summed E-state index contributed by atoms with van der Waals surface area (Å²) >= 11 is 0. The van der Waals surface area contributed by atoms with Gasteiger partial charge in [0.1, 0.15) is 0 Å². The van der Waals surface area contributed by atoms with Crippen LogP contribution in [0.5, 0.6) is 0 Å². The van der Waals surface area contributed by atoms with Crippen molar-refractivity contribution in [2.24, 2.45) is 0 Å². The predicted octanol–water partition coefficient (Wildman–Crippen LogP) is 0.931. The zero-order valence-electron chi connectivity index (χ0n) is 12.0. The molecule has 110 valence electrons. The lowest BCUT2D eigenvalue weighted by Crippen LogP contribution is -2.52.